The lowest BCUT2D eigenvalue weighted by molar-refractivity contribution is -0.137. The van der Waals surface area contributed by atoms with E-state index in [2.05, 4.69) is 5.32 Å². The fourth-order valence-electron chi connectivity index (χ4n) is 1.86. The first-order valence-corrected chi connectivity index (χ1v) is 6.69. The summed E-state index contributed by atoms with van der Waals surface area (Å²) in [5.74, 6) is -1.03. The molecule has 0 radical (unpaired) electrons. The predicted molar refractivity (Wildman–Crippen MR) is 75.8 cm³/mol. The Morgan fingerprint density at radius 2 is 1.74 bits per heavy atom. The van der Waals surface area contributed by atoms with Crippen molar-refractivity contribution in [1.82, 2.24) is 5.32 Å². The van der Waals surface area contributed by atoms with Crippen LogP contribution in [-0.2, 0) is 9.59 Å². The van der Waals surface area contributed by atoms with Gasteiger partial charge >= 0.3 is 5.97 Å². The average Bonchev–Trinajstić information content (AvgIpc) is 2.09. The van der Waals surface area contributed by atoms with E-state index in [0.29, 0.717) is 19.3 Å². The molecule has 1 atom stereocenters. The third-order valence-electron chi connectivity index (χ3n) is 2.64. The summed E-state index contributed by atoms with van der Waals surface area (Å²) < 4.78 is 0. The van der Waals surface area contributed by atoms with Gasteiger partial charge in [0.15, 0.2) is 0 Å². The van der Waals surface area contributed by atoms with E-state index < -0.39 is 5.97 Å². The summed E-state index contributed by atoms with van der Waals surface area (Å²) in [5, 5.41) is 11.7. The Balaban J connectivity index is 4.39. The maximum absolute atomic E-state index is 11.8. The molecule has 0 saturated carbocycles. The number of rotatable bonds is 7. The number of nitrogens with two attached hydrogens (primary N) is 1. The van der Waals surface area contributed by atoms with Crippen molar-refractivity contribution in [2.24, 2.45) is 11.1 Å². The molecule has 0 heterocycles. The minimum Gasteiger partial charge on any atom is -0.481 e. The zero-order chi connectivity index (χ0) is 15.3. The molecule has 0 rings (SSSR count). The van der Waals surface area contributed by atoms with Gasteiger partial charge in [0.1, 0.15) is 0 Å². The number of carbonyl (C=O) groups excluding carboxylic acids is 1. The summed E-state index contributed by atoms with van der Waals surface area (Å²) in [4.78, 5) is 22.6. The van der Waals surface area contributed by atoms with Gasteiger partial charge in [-0.1, -0.05) is 20.8 Å². The van der Waals surface area contributed by atoms with Crippen LogP contribution in [-0.4, -0.2) is 28.6 Å². The van der Waals surface area contributed by atoms with E-state index >= 15 is 0 Å². The summed E-state index contributed by atoms with van der Waals surface area (Å²) in [7, 11) is 0. The Labute approximate surface area is 115 Å². The summed E-state index contributed by atoms with van der Waals surface area (Å²) >= 11 is 0. The SMILES string of the molecule is CC(C)(C)CC(CC(=O)O)NC(=O)CCC(C)(C)N. The van der Waals surface area contributed by atoms with Crippen LogP contribution in [0, 0.1) is 5.41 Å². The van der Waals surface area contributed by atoms with Gasteiger partial charge in [0.05, 0.1) is 6.42 Å². The fraction of sp³-hybridized carbons (Fsp3) is 0.857. The Morgan fingerprint density at radius 3 is 2.11 bits per heavy atom. The third-order valence-corrected chi connectivity index (χ3v) is 2.64. The molecule has 0 aliphatic carbocycles. The Morgan fingerprint density at radius 1 is 1.21 bits per heavy atom. The van der Waals surface area contributed by atoms with E-state index in [9.17, 15) is 9.59 Å². The number of hydrogen-bond acceptors (Lipinski definition) is 3. The van der Waals surface area contributed by atoms with Crippen LogP contribution in [0.1, 0.15) is 60.3 Å². The molecule has 0 aliphatic rings. The number of nitrogens with one attached hydrogen (secondary N) is 1. The first-order valence-electron chi connectivity index (χ1n) is 6.69. The van der Waals surface area contributed by atoms with Crippen molar-refractivity contribution >= 4 is 11.9 Å². The molecule has 0 aromatic heterocycles. The number of carboxylic acid groups (broad SMARTS) is 1. The lowest BCUT2D eigenvalue weighted by atomic mass is 9.87. The van der Waals surface area contributed by atoms with E-state index in [1.54, 1.807) is 0 Å². The molecular weight excluding hydrogens is 244 g/mol. The Kier molecular flexibility index (Phi) is 6.49. The Bertz CT molecular complexity index is 314. The van der Waals surface area contributed by atoms with Crippen molar-refractivity contribution in [1.29, 1.82) is 0 Å². The molecule has 5 heteroatoms. The van der Waals surface area contributed by atoms with Crippen LogP contribution in [0.3, 0.4) is 0 Å². The summed E-state index contributed by atoms with van der Waals surface area (Å²) in [6.45, 7) is 9.80. The van der Waals surface area contributed by atoms with Crippen molar-refractivity contribution in [3.8, 4) is 0 Å². The fourth-order valence-corrected chi connectivity index (χ4v) is 1.86. The second-order valence-electron chi connectivity index (χ2n) is 7.12. The molecule has 112 valence electrons. The second-order valence-corrected chi connectivity index (χ2v) is 7.12. The molecule has 5 nitrogen and oxygen atoms in total. The van der Waals surface area contributed by atoms with Crippen LogP contribution < -0.4 is 11.1 Å². The first kappa shape index (κ1) is 17.9. The number of carboxylic acids is 1. The molecule has 0 spiro atoms. The maximum Gasteiger partial charge on any atom is 0.305 e. The van der Waals surface area contributed by atoms with Crippen LogP contribution >= 0.6 is 0 Å². The van der Waals surface area contributed by atoms with Crippen molar-refractivity contribution in [2.75, 3.05) is 0 Å². The number of aliphatic carboxylic acids is 1. The predicted octanol–water partition coefficient (Wildman–Crippen LogP) is 1.90. The number of hydrogen-bond donors (Lipinski definition) is 3. The normalized spacial score (nSPS) is 14.0. The molecule has 0 aliphatic heterocycles. The quantitative estimate of drug-likeness (QED) is 0.660. The van der Waals surface area contributed by atoms with Crippen LogP contribution in [0.25, 0.3) is 0 Å². The zero-order valence-corrected chi connectivity index (χ0v) is 12.7. The molecule has 19 heavy (non-hydrogen) atoms. The van der Waals surface area contributed by atoms with Crippen LogP contribution in [0.15, 0.2) is 0 Å². The molecule has 0 aromatic rings. The smallest absolute Gasteiger partial charge is 0.305 e. The number of carbonyl (C=O) groups is 2. The van der Waals surface area contributed by atoms with Gasteiger partial charge in [-0.25, -0.2) is 0 Å². The molecule has 1 amide bonds. The van der Waals surface area contributed by atoms with E-state index in [-0.39, 0.29) is 29.3 Å². The highest BCUT2D eigenvalue weighted by Gasteiger charge is 2.23. The standard InChI is InChI=1S/C14H28N2O3/c1-13(2,3)9-10(8-12(18)19)16-11(17)6-7-14(4,5)15/h10H,6-9,15H2,1-5H3,(H,16,17)(H,18,19). The van der Waals surface area contributed by atoms with E-state index in [1.807, 2.05) is 34.6 Å². The summed E-state index contributed by atoms with van der Waals surface area (Å²) in [6.07, 6.45) is 1.49. The van der Waals surface area contributed by atoms with Crippen molar-refractivity contribution in [2.45, 2.75) is 71.9 Å². The van der Waals surface area contributed by atoms with Gasteiger partial charge in [0.2, 0.25) is 5.91 Å². The van der Waals surface area contributed by atoms with Crippen molar-refractivity contribution in [3.63, 3.8) is 0 Å². The molecule has 0 saturated heterocycles. The molecule has 0 bridgehead atoms. The van der Waals surface area contributed by atoms with Gasteiger partial charge in [-0.15, -0.1) is 0 Å². The highest BCUT2D eigenvalue weighted by atomic mass is 16.4. The highest BCUT2D eigenvalue weighted by Crippen LogP contribution is 2.22. The topological polar surface area (TPSA) is 92.4 Å². The highest BCUT2D eigenvalue weighted by molar-refractivity contribution is 5.77. The molecule has 1 unspecified atom stereocenters. The van der Waals surface area contributed by atoms with Crippen LogP contribution in [0.5, 0.6) is 0 Å². The summed E-state index contributed by atoms with van der Waals surface area (Å²) in [6, 6.07) is -0.328. The maximum atomic E-state index is 11.8. The Hall–Kier alpha value is -1.10. The van der Waals surface area contributed by atoms with Crippen molar-refractivity contribution < 1.29 is 14.7 Å². The van der Waals surface area contributed by atoms with Gasteiger partial charge in [0, 0.05) is 18.0 Å². The first-order chi connectivity index (χ1) is 8.39. The van der Waals surface area contributed by atoms with Crippen molar-refractivity contribution in [3.05, 3.63) is 0 Å². The van der Waals surface area contributed by atoms with E-state index in [1.165, 1.54) is 0 Å². The van der Waals surface area contributed by atoms with Gasteiger partial charge in [-0.3, -0.25) is 9.59 Å². The van der Waals surface area contributed by atoms with Gasteiger partial charge in [-0.05, 0) is 32.1 Å². The lowest BCUT2D eigenvalue weighted by Gasteiger charge is -2.26. The molecular formula is C14H28N2O3. The minimum absolute atomic E-state index is 0.0272. The van der Waals surface area contributed by atoms with Crippen LogP contribution in [0.2, 0.25) is 0 Å². The van der Waals surface area contributed by atoms with E-state index in [0.717, 1.165) is 0 Å². The minimum atomic E-state index is -0.895. The largest absolute Gasteiger partial charge is 0.481 e. The molecule has 0 aromatic carbocycles. The van der Waals surface area contributed by atoms with Crippen LogP contribution in [0.4, 0.5) is 0 Å². The zero-order valence-electron chi connectivity index (χ0n) is 12.7. The average molecular weight is 272 g/mol. The third kappa shape index (κ3) is 11.7. The molecule has 4 N–H and O–H groups in total. The monoisotopic (exact) mass is 272 g/mol. The summed E-state index contributed by atoms with van der Waals surface area (Å²) in [5.41, 5.74) is 5.41. The van der Waals surface area contributed by atoms with Gasteiger partial charge < -0.3 is 16.2 Å². The van der Waals surface area contributed by atoms with E-state index in [4.69, 9.17) is 10.8 Å². The number of amides is 1. The second kappa shape index (κ2) is 6.89. The molecule has 0 fully saturated rings. The van der Waals surface area contributed by atoms with Gasteiger partial charge in [0.25, 0.3) is 0 Å². The lowest BCUT2D eigenvalue weighted by Crippen LogP contribution is -2.40. The van der Waals surface area contributed by atoms with Gasteiger partial charge in [-0.2, -0.15) is 0 Å².